The minimum atomic E-state index is -0.0324. The first kappa shape index (κ1) is 12.9. The molecule has 0 bridgehead atoms. The van der Waals surface area contributed by atoms with Gasteiger partial charge in [-0.05, 0) is 46.6 Å². The number of rotatable bonds is 5. The second-order valence-electron chi connectivity index (χ2n) is 4.01. The molecule has 1 heterocycles. The van der Waals surface area contributed by atoms with Crippen LogP contribution in [0.1, 0.15) is 16.8 Å². The van der Waals surface area contributed by atoms with Crippen LogP contribution < -0.4 is 5.32 Å². The summed E-state index contributed by atoms with van der Waals surface area (Å²) in [6.45, 7) is 1.60. The van der Waals surface area contributed by atoms with Gasteiger partial charge in [-0.25, -0.2) is 0 Å². The third-order valence-corrected chi connectivity index (χ3v) is 3.35. The van der Waals surface area contributed by atoms with Crippen LogP contribution in [-0.2, 0) is 6.54 Å². The molecule has 0 spiro atoms. The Balaban J connectivity index is 1.77. The van der Waals surface area contributed by atoms with Crippen LogP contribution in [0.25, 0.3) is 0 Å². The molecule has 2 aromatic rings. The Morgan fingerprint density at radius 1 is 1.17 bits per heavy atom. The number of aryl methyl sites for hydroxylation is 1. The van der Waals surface area contributed by atoms with E-state index in [2.05, 4.69) is 25.8 Å². The van der Waals surface area contributed by atoms with Gasteiger partial charge >= 0.3 is 0 Å². The van der Waals surface area contributed by atoms with Crippen LogP contribution in [0.4, 0.5) is 0 Å². The standard InChI is InChI=1S/C14H15BrN2O/c15-13-7-2-1-6-12(13)14(18)16-8-5-11-17-9-3-4-10-17/h1-4,6-7,9-10H,5,8,11H2,(H,16,18). The highest BCUT2D eigenvalue weighted by Gasteiger charge is 2.07. The van der Waals surface area contributed by atoms with Crippen molar-refractivity contribution in [2.24, 2.45) is 0 Å². The lowest BCUT2D eigenvalue weighted by molar-refractivity contribution is 0.0952. The Kier molecular flexibility index (Phi) is 4.59. The van der Waals surface area contributed by atoms with Crippen molar-refractivity contribution in [2.75, 3.05) is 6.54 Å². The highest BCUT2D eigenvalue weighted by molar-refractivity contribution is 9.10. The van der Waals surface area contributed by atoms with Crippen molar-refractivity contribution in [2.45, 2.75) is 13.0 Å². The predicted octanol–water partition coefficient (Wildman–Crippen LogP) is 3.07. The molecule has 4 heteroatoms. The van der Waals surface area contributed by atoms with Gasteiger partial charge in [0.25, 0.3) is 5.91 Å². The Bertz CT molecular complexity index is 508. The Hall–Kier alpha value is -1.55. The molecule has 0 fully saturated rings. The number of nitrogens with one attached hydrogen (secondary N) is 1. The van der Waals surface area contributed by atoms with Crippen molar-refractivity contribution in [3.8, 4) is 0 Å². The average molecular weight is 307 g/mol. The first-order chi connectivity index (χ1) is 8.77. The van der Waals surface area contributed by atoms with Crippen molar-refractivity contribution < 1.29 is 4.79 Å². The molecule has 94 valence electrons. The van der Waals surface area contributed by atoms with Gasteiger partial charge in [0.2, 0.25) is 0 Å². The highest BCUT2D eigenvalue weighted by Crippen LogP contribution is 2.15. The van der Waals surface area contributed by atoms with E-state index in [4.69, 9.17) is 0 Å². The van der Waals surface area contributed by atoms with Gasteiger partial charge in [-0.2, -0.15) is 0 Å². The van der Waals surface area contributed by atoms with Gasteiger partial charge in [0, 0.05) is 30.0 Å². The molecule has 1 amide bonds. The van der Waals surface area contributed by atoms with Gasteiger partial charge in [0.05, 0.1) is 5.56 Å². The van der Waals surface area contributed by atoms with Gasteiger partial charge in [0.15, 0.2) is 0 Å². The van der Waals surface area contributed by atoms with Crippen molar-refractivity contribution in [1.29, 1.82) is 0 Å². The molecule has 0 radical (unpaired) electrons. The van der Waals surface area contributed by atoms with Crippen molar-refractivity contribution in [1.82, 2.24) is 9.88 Å². The maximum atomic E-state index is 11.9. The molecule has 18 heavy (non-hydrogen) atoms. The lowest BCUT2D eigenvalue weighted by Crippen LogP contribution is -2.25. The van der Waals surface area contributed by atoms with Crippen molar-refractivity contribution in [3.05, 3.63) is 58.8 Å². The monoisotopic (exact) mass is 306 g/mol. The Morgan fingerprint density at radius 2 is 1.89 bits per heavy atom. The lowest BCUT2D eigenvalue weighted by atomic mass is 10.2. The van der Waals surface area contributed by atoms with Gasteiger partial charge < -0.3 is 9.88 Å². The van der Waals surface area contributed by atoms with Crippen LogP contribution in [0.3, 0.4) is 0 Å². The minimum absolute atomic E-state index is 0.0324. The third-order valence-electron chi connectivity index (χ3n) is 2.66. The molecule has 0 aliphatic rings. The van der Waals surface area contributed by atoms with Gasteiger partial charge in [-0.15, -0.1) is 0 Å². The number of hydrogen-bond donors (Lipinski definition) is 1. The second-order valence-corrected chi connectivity index (χ2v) is 4.86. The second kappa shape index (κ2) is 6.40. The number of halogens is 1. The number of carbonyl (C=O) groups is 1. The summed E-state index contributed by atoms with van der Waals surface area (Å²) in [5, 5.41) is 2.92. The minimum Gasteiger partial charge on any atom is -0.354 e. The van der Waals surface area contributed by atoms with E-state index >= 15 is 0 Å². The summed E-state index contributed by atoms with van der Waals surface area (Å²) >= 11 is 3.37. The highest BCUT2D eigenvalue weighted by atomic mass is 79.9. The zero-order valence-corrected chi connectivity index (χ0v) is 11.6. The molecule has 0 atom stereocenters. The van der Waals surface area contributed by atoms with E-state index in [0.717, 1.165) is 17.4 Å². The van der Waals surface area contributed by atoms with E-state index in [1.807, 2.05) is 48.8 Å². The molecule has 0 saturated carbocycles. The summed E-state index contributed by atoms with van der Waals surface area (Å²) in [6.07, 6.45) is 4.97. The molecular formula is C14H15BrN2O. The molecule has 1 aromatic heterocycles. The van der Waals surface area contributed by atoms with Crippen LogP contribution >= 0.6 is 15.9 Å². The number of nitrogens with zero attached hydrogens (tertiary/aromatic N) is 1. The summed E-state index contributed by atoms with van der Waals surface area (Å²) in [5.41, 5.74) is 0.679. The summed E-state index contributed by atoms with van der Waals surface area (Å²) in [7, 11) is 0. The molecule has 2 rings (SSSR count). The summed E-state index contributed by atoms with van der Waals surface area (Å²) < 4.78 is 2.93. The lowest BCUT2D eigenvalue weighted by Gasteiger charge is -2.07. The largest absolute Gasteiger partial charge is 0.354 e. The molecule has 1 aromatic carbocycles. The van der Waals surface area contributed by atoms with E-state index in [1.165, 1.54) is 0 Å². The number of aromatic nitrogens is 1. The van der Waals surface area contributed by atoms with Crippen LogP contribution in [0.15, 0.2) is 53.3 Å². The fourth-order valence-corrected chi connectivity index (χ4v) is 2.19. The molecule has 3 nitrogen and oxygen atoms in total. The first-order valence-electron chi connectivity index (χ1n) is 5.91. The van der Waals surface area contributed by atoms with Crippen LogP contribution in [0, 0.1) is 0 Å². The zero-order valence-electron chi connectivity index (χ0n) is 9.97. The van der Waals surface area contributed by atoms with E-state index in [1.54, 1.807) is 0 Å². The number of carbonyl (C=O) groups excluding carboxylic acids is 1. The van der Waals surface area contributed by atoms with E-state index in [-0.39, 0.29) is 5.91 Å². The number of hydrogen-bond acceptors (Lipinski definition) is 1. The SMILES string of the molecule is O=C(NCCCn1cccc1)c1ccccc1Br. The molecule has 0 unspecified atom stereocenters. The maximum absolute atomic E-state index is 11.9. The van der Waals surface area contributed by atoms with E-state index in [9.17, 15) is 4.79 Å². The number of amides is 1. The van der Waals surface area contributed by atoms with Gasteiger partial charge in [0.1, 0.15) is 0 Å². The zero-order chi connectivity index (χ0) is 12.8. The quantitative estimate of drug-likeness (QED) is 0.846. The maximum Gasteiger partial charge on any atom is 0.252 e. The molecule has 0 saturated heterocycles. The van der Waals surface area contributed by atoms with Crippen LogP contribution in [0.5, 0.6) is 0 Å². The van der Waals surface area contributed by atoms with Crippen molar-refractivity contribution in [3.63, 3.8) is 0 Å². The smallest absolute Gasteiger partial charge is 0.252 e. The molecular weight excluding hydrogens is 292 g/mol. The summed E-state index contributed by atoms with van der Waals surface area (Å²) in [5.74, 6) is -0.0324. The molecule has 0 aliphatic heterocycles. The Morgan fingerprint density at radius 3 is 2.61 bits per heavy atom. The van der Waals surface area contributed by atoms with Crippen molar-refractivity contribution >= 4 is 21.8 Å². The normalized spacial score (nSPS) is 10.3. The van der Waals surface area contributed by atoms with E-state index < -0.39 is 0 Å². The number of benzene rings is 1. The van der Waals surface area contributed by atoms with Gasteiger partial charge in [-0.1, -0.05) is 12.1 Å². The first-order valence-corrected chi connectivity index (χ1v) is 6.70. The van der Waals surface area contributed by atoms with E-state index in [0.29, 0.717) is 12.1 Å². The van der Waals surface area contributed by atoms with Crippen LogP contribution in [0.2, 0.25) is 0 Å². The topological polar surface area (TPSA) is 34.0 Å². The van der Waals surface area contributed by atoms with Gasteiger partial charge in [-0.3, -0.25) is 4.79 Å². The average Bonchev–Trinajstić information content (AvgIpc) is 2.88. The third kappa shape index (κ3) is 3.47. The summed E-state index contributed by atoms with van der Waals surface area (Å²) in [4.78, 5) is 11.9. The van der Waals surface area contributed by atoms with Crippen LogP contribution in [-0.4, -0.2) is 17.0 Å². The fourth-order valence-electron chi connectivity index (χ4n) is 1.72. The predicted molar refractivity (Wildman–Crippen MR) is 75.5 cm³/mol. The molecule has 1 N–H and O–H groups in total. The fraction of sp³-hybridized carbons (Fsp3) is 0.214. The molecule has 0 aliphatic carbocycles. The Labute approximate surface area is 115 Å². The summed E-state index contributed by atoms with van der Waals surface area (Å²) in [6, 6.07) is 11.4.